The molecule has 0 aliphatic heterocycles. The van der Waals surface area contributed by atoms with Crippen molar-refractivity contribution in [3.63, 3.8) is 0 Å². The normalized spacial score (nSPS) is 14.5. The van der Waals surface area contributed by atoms with Gasteiger partial charge in [0.15, 0.2) is 0 Å². The monoisotopic (exact) mass is 203 g/mol. The smallest absolute Gasteiger partial charge is 0.146 e. The summed E-state index contributed by atoms with van der Waals surface area (Å²) in [5.74, 6) is -0.203. The molecule has 0 bridgehead atoms. The fourth-order valence-electron chi connectivity index (χ4n) is 1.60. The highest BCUT2D eigenvalue weighted by molar-refractivity contribution is 5.55. The third-order valence-electron chi connectivity index (χ3n) is 2.53. The van der Waals surface area contributed by atoms with E-state index in [4.69, 9.17) is 0 Å². The van der Waals surface area contributed by atoms with Gasteiger partial charge < -0.3 is 5.32 Å². The van der Waals surface area contributed by atoms with Crippen LogP contribution in [-0.2, 0) is 6.42 Å². The van der Waals surface area contributed by atoms with Gasteiger partial charge in [0.05, 0.1) is 5.69 Å². The highest BCUT2D eigenvalue weighted by Crippen LogP contribution is 2.26. The summed E-state index contributed by atoms with van der Waals surface area (Å²) >= 11 is 0. The van der Waals surface area contributed by atoms with Crippen molar-refractivity contribution in [3.05, 3.63) is 53.5 Å². The van der Waals surface area contributed by atoms with Gasteiger partial charge in [-0.2, -0.15) is 0 Å². The van der Waals surface area contributed by atoms with Crippen LogP contribution in [0.1, 0.15) is 18.9 Å². The predicted octanol–water partition coefficient (Wildman–Crippen LogP) is 3.64. The Bertz CT molecular complexity index is 432. The zero-order valence-electron chi connectivity index (χ0n) is 8.81. The molecule has 2 heteroatoms. The maximum Gasteiger partial charge on any atom is 0.146 e. The van der Waals surface area contributed by atoms with Gasteiger partial charge in [-0.1, -0.05) is 19.6 Å². The lowest BCUT2D eigenvalue weighted by molar-refractivity contribution is 0.630. The van der Waals surface area contributed by atoms with Crippen molar-refractivity contribution in [3.8, 4) is 0 Å². The average molecular weight is 203 g/mol. The summed E-state index contributed by atoms with van der Waals surface area (Å²) in [5.41, 5.74) is 3.82. The Morgan fingerprint density at radius 3 is 2.80 bits per heavy atom. The van der Waals surface area contributed by atoms with Crippen LogP contribution in [0, 0.1) is 5.82 Å². The van der Waals surface area contributed by atoms with E-state index in [1.807, 2.05) is 18.2 Å². The Balaban J connectivity index is 2.20. The number of rotatable bonds is 3. The van der Waals surface area contributed by atoms with Crippen LogP contribution in [0.15, 0.2) is 42.1 Å². The molecular formula is C13H14FN. The Labute approximate surface area is 89.3 Å². The Morgan fingerprint density at radius 1 is 1.47 bits per heavy atom. The third-order valence-corrected chi connectivity index (χ3v) is 2.53. The topological polar surface area (TPSA) is 12.0 Å². The van der Waals surface area contributed by atoms with Crippen LogP contribution < -0.4 is 5.32 Å². The molecule has 1 aliphatic carbocycles. The first-order chi connectivity index (χ1) is 7.19. The lowest BCUT2D eigenvalue weighted by Crippen LogP contribution is -2.09. The molecule has 0 aromatic heterocycles. The molecular weight excluding hydrogens is 189 g/mol. The Hall–Kier alpha value is -1.57. The highest BCUT2D eigenvalue weighted by Gasteiger charge is 2.11. The summed E-state index contributed by atoms with van der Waals surface area (Å²) in [6.07, 6.45) is 3.69. The fraction of sp³-hybridized carbons (Fsp3) is 0.231. The number of hydrogen-bond donors (Lipinski definition) is 1. The quantitative estimate of drug-likeness (QED) is 0.790. The second-order valence-electron chi connectivity index (χ2n) is 3.80. The van der Waals surface area contributed by atoms with Gasteiger partial charge in [-0.05, 0) is 35.8 Å². The van der Waals surface area contributed by atoms with Crippen molar-refractivity contribution < 1.29 is 4.39 Å². The molecule has 0 radical (unpaired) electrons. The zero-order valence-corrected chi connectivity index (χ0v) is 8.81. The van der Waals surface area contributed by atoms with Crippen molar-refractivity contribution in [2.24, 2.45) is 0 Å². The molecule has 0 spiro atoms. The summed E-state index contributed by atoms with van der Waals surface area (Å²) < 4.78 is 13.4. The van der Waals surface area contributed by atoms with E-state index in [1.54, 1.807) is 0 Å². The Morgan fingerprint density at radius 2 is 2.20 bits per heavy atom. The van der Waals surface area contributed by atoms with Gasteiger partial charge in [-0.25, -0.2) is 4.39 Å². The average Bonchev–Trinajstić information content (AvgIpc) is 2.19. The number of anilines is 1. The van der Waals surface area contributed by atoms with Gasteiger partial charge in [-0.3, -0.25) is 0 Å². The third kappa shape index (κ3) is 2.09. The summed E-state index contributed by atoms with van der Waals surface area (Å²) in [6, 6.07) is 5.18. The van der Waals surface area contributed by atoms with E-state index in [0.29, 0.717) is 5.69 Å². The molecule has 1 aromatic carbocycles. The molecule has 0 heterocycles. The van der Waals surface area contributed by atoms with Crippen molar-refractivity contribution in [1.82, 2.24) is 0 Å². The molecule has 1 aromatic rings. The minimum Gasteiger partial charge on any atom is -0.356 e. The van der Waals surface area contributed by atoms with E-state index in [2.05, 4.69) is 18.8 Å². The van der Waals surface area contributed by atoms with Crippen LogP contribution in [0.2, 0.25) is 0 Å². The maximum absolute atomic E-state index is 13.4. The van der Waals surface area contributed by atoms with Gasteiger partial charge in [-0.15, -0.1) is 0 Å². The van der Waals surface area contributed by atoms with Crippen molar-refractivity contribution in [2.75, 3.05) is 5.32 Å². The first kappa shape index (κ1) is 9.97. The van der Waals surface area contributed by atoms with Gasteiger partial charge >= 0.3 is 0 Å². The number of halogens is 1. The molecule has 0 amide bonds. The first-order valence-corrected chi connectivity index (χ1v) is 5.13. The molecule has 78 valence electrons. The SMILES string of the molecule is C=C1C=C(Nc2cc(CC)ccc2F)C1. The van der Waals surface area contributed by atoms with E-state index < -0.39 is 0 Å². The first-order valence-electron chi connectivity index (χ1n) is 5.13. The molecule has 0 saturated heterocycles. The number of hydrogen-bond acceptors (Lipinski definition) is 1. The number of benzene rings is 1. The molecule has 1 nitrogen and oxygen atoms in total. The zero-order chi connectivity index (χ0) is 10.8. The van der Waals surface area contributed by atoms with Crippen LogP contribution in [0.5, 0.6) is 0 Å². The van der Waals surface area contributed by atoms with E-state index in [0.717, 1.165) is 29.7 Å². The van der Waals surface area contributed by atoms with Gasteiger partial charge in [0.1, 0.15) is 5.82 Å². The molecule has 0 atom stereocenters. The van der Waals surface area contributed by atoms with Crippen LogP contribution in [0.25, 0.3) is 0 Å². The van der Waals surface area contributed by atoms with Gasteiger partial charge in [0, 0.05) is 12.1 Å². The molecule has 1 aliphatic rings. The Kier molecular flexibility index (Phi) is 2.58. The van der Waals surface area contributed by atoms with E-state index in [1.165, 1.54) is 6.07 Å². The maximum atomic E-state index is 13.4. The molecule has 0 saturated carbocycles. The van der Waals surface area contributed by atoms with Crippen molar-refractivity contribution in [1.29, 1.82) is 0 Å². The largest absolute Gasteiger partial charge is 0.356 e. The summed E-state index contributed by atoms with van der Waals surface area (Å²) in [6.45, 7) is 5.86. The number of aryl methyl sites for hydroxylation is 1. The van der Waals surface area contributed by atoms with Gasteiger partial charge in [0.25, 0.3) is 0 Å². The summed E-state index contributed by atoms with van der Waals surface area (Å²) in [7, 11) is 0. The minimum atomic E-state index is -0.203. The molecule has 0 unspecified atom stereocenters. The highest BCUT2D eigenvalue weighted by atomic mass is 19.1. The van der Waals surface area contributed by atoms with Crippen LogP contribution >= 0.6 is 0 Å². The molecule has 2 rings (SSSR count). The van der Waals surface area contributed by atoms with Crippen LogP contribution in [0.3, 0.4) is 0 Å². The fourth-order valence-corrected chi connectivity index (χ4v) is 1.60. The van der Waals surface area contributed by atoms with Gasteiger partial charge in [0.2, 0.25) is 0 Å². The van der Waals surface area contributed by atoms with Crippen LogP contribution in [-0.4, -0.2) is 0 Å². The second-order valence-corrected chi connectivity index (χ2v) is 3.80. The molecule has 15 heavy (non-hydrogen) atoms. The molecule has 1 N–H and O–H groups in total. The molecule has 0 fully saturated rings. The van der Waals surface area contributed by atoms with Crippen LogP contribution in [0.4, 0.5) is 10.1 Å². The summed E-state index contributed by atoms with van der Waals surface area (Å²) in [4.78, 5) is 0. The van der Waals surface area contributed by atoms with E-state index in [9.17, 15) is 4.39 Å². The van der Waals surface area contributed by atoms with E-state index in [-0.39, 0.29) is 5.82 Å². The lowest BCUT2D eigenvalue weighted by Gasteiger charge is -2.19. The second kappa shape index (κ2) is 3.89. The van der Waals surface area contributed by atoms with Crippen molar-refractivity contribution >= 4 is 5.69 Å². The lowest BCUT2D eigenvalue weighted by atomic mass is 10.00. The number of allylic oxidation sites excluding steroid dienone is 2. The van der Waals surface area contributed by atoms with Crippen molar-refractivity contribution in [2.45, 2.75) is 19.8 Å². The summed E-state index contributed by atoms with van der Waals surface area (Å²) in [5, 5.41) is 3.08. The standard InChI is InChI=1S/C13H14FN/c1-3-10-4-5-12(14)13(8-10)15-11-6-9(2)7-11/h4-6,8,15H,2-3,7H2,1H3. The minimum absolute atomic E-state index is 0.203. The predicted molar refractivity (Wildman–Crippen MR) is 61.2 cm³/mol. The van der Waals surface area contributed by atoms with E-state index >= 15 is 0 Å². The number of nitrogens with one attached hydrogen (secondary N) is 1.